The van der Waals surface area contributed by atoms with Crippen molar-refractivity contribution in [2.24, 2.45) is 0 Å². The van der Waals surface area contributed by atoms with Gasteiger partial charge in [0.05, 0.1) is 16.6 Å². The van der Waals surface area contributed by atoms with E-state index in [4.69, 9.17) is 0 Å². The molecule has 32 heavy (non-hydrogen) atoms. The van der Waals surface area contributed by atoms with Crippen LogP contribution in [-0.2, 0) is 11.3 Å². The molecule has 8 heteroatoms. The van der Waals surface area contributed by atoms with Crippen LogP contribution in [0.15, 0.2) is 21.7 Å². The SMILES string of the molecule is CCCN(CCC)C(=O)Cn1c(=O)n(C2CC2)c(=O)c2cc(F)c(N3CCCCC3)cc21. The Bertz CT molecular complexity index is 1110. The number of nitrogens with zero attached hydrogens (tertiary/aromatic N) is 4. The molecule has 2 aromatic rings. The molecule has 1 saturated carbocycles. The third-order valence-corrected chi connectivity index (χ3v) is 6.48. The number of aromatic nitrogens is 2. The van der Waals surface area contributed by atoms with Crippen molar-refractivity contribution in [1.82, 2.24) is 14.0 Å². The number of benzene rings is 1. The lowest BCUT2D eigenvalue weighted by Crippen LogP contribution is -2.43. The first-order valence-corrected chi connectivity index (χ1v) is 12.0. The van der Waals surface area contributed by atoms with Crippen LogP contribution in [0.5, 0.6) is 0 Å². The molecule has 2 aliphatic rings. The minimum atomic E-state index is -0.470. The third kappa shape index (κ3) is 4.32. The summed E-state index contributed by atoms with van der Waals surface area (Å²) < 4.78 is 17.7. The first kappa shape index (κ1) is 22.6. The van der Waals surface area contributed by atoms with Gasteiger partial charge in [-0.1, -0.05) is 13.8 Å². The molecule has 1 aliphatic heterocycles. The van der Waals surface area contributed by atoms with E-state index in [1.165, 1.54) is 15.2 Å². The van der Waals surface area contributed by atoms with Crippen LogP contribution in [0.3, 0.4) is 0 Å². The van der Waals surface area contributed by atoms with Gasteiger partial charge in [-0.05, 0) is 57.1 Å². The van der Waals surface area contributed by atoms with Crippen molar-refractivity contribution in [1.29, 1.82) is 0 Å². The predicted molar refractivity (Wildman–Crippen MR) is 124 cm³/mol. The Morgan fingerprint density at radius 2 is 1.72 bits per heavy atom. The number of carbonyl (C=O) groups is 1. The zero-order valence-electron chi connectivity index (χ0n) is 19.1. The molecule has 0 atom stereocenters. The molecule has 7 nitrogen and oxygen atoms in total. The molecule has 1 amide bonds. The maximum Gasteiger partial charge on any atom is 0.332 e. The monoisotopic (exact) mass is 444 g/mol. The molecule has 1 aliphatic carbocycles. The normalized spacial score (nSPS) is 16.5. The van der Waals surface area contributed by atoms with E-state index in [0.717, 1.165) is 58.0 Å². The highest BCUT2D eigenvalue weighted by Gasteiger charge is 2.30. The molecule has 174 valence electrons. The largest absolute Gasteiger partial charge is 0.369 e. The number of piperidine rings is 1. The molecule has 1 saturated heterocycles. The lowest BCUT2D eigenvalue weighted by Gasteiger charge is -2.29. The zero-order valence-corrected chi connectivity index (χ0v) is 19.1. The maximum atomic E-state index is 15.1. The summed E-state index contributed by atoms with van der Waals surface area (Å²) in [4.78, 5) is 43.4. The molecular formula is C24H33FN4O3. The van der Waals surface area contributed by atoms with Gasteiger partial charge in [0.1, 0.15) is 12.4 Å². The lowest BCUT2D eigenvalue weighted by molar-refractivity contribution is -0.131. The first-order chi connectivity index (χ1) is 15.5. The zero-order chi connectivity index (χ0) is 22.8. The molecule has 0 radical (unpaired) electrons. The number of amides is 1. The standard InChI is InChI=1S/C24H33FN4O3/c1-3-10-27(11-4-2)22(30)16-28-20-15-21(26-12-6-5-7-13-26)19(25)14-18(20)23(31)29(24(28)32)17-8-9-17/h14-15,17H,3-13,16H2,1-2H3. The highest BCUT2D eigenvalue weighted by Crippen LogP contribution is 2.33. The van der Waals surface area contributed by atoms with Gasteiger partial charge in [-0.15, -0.1) is 0 Å². The van der Waals surface area contributed by atoms with Crippen molar-refractivity contribution in [2.75, 3.05) is 31.1 Å². The summed E-state index contributed by atoms with van der Waals surface area (Å²) in [6, 6.07) is 2.71. The second-order valence-electron chi connectivity index (χ2n) is 9.02. The second kappa shape index (κ2) is 9.46. The number of hydrogen-bond acceptors (Lipinski definition) is 4. The summed E-state index contributed by atoms with van der Waals surface area (Å²) in [6.07, 6.45) is 6.23. The van der Waals surface area contributed by atoms with E-state index in [0.29, 0.717) is 24.3 Å². The fourth-order valence-corrected chi connectivity index (χ4v) is 4.72. The number of hydrogen-bond donors (Lipinski definition) is 0. The summed E-state index contributed by atoms with van der Waals surface area (Å²) in [5.41, 5.74) is -0.178. The quantitative estimate of drug-likeness (QED) is 0.627. The van der Waals surface area contributed by atoms with Crippen LogP contribution in [0.25, 0.3) is 10.9 Å². The summed E-state index contributed by atoms with van der Waals surface area (Å²) in [7, 11) is 0. The molecule has 2 fully saturated rings. The van der Waals surface area contributed by atoms with E-state index in [-0.39, 0.29) is 23.9 Å². The fraction of sp³-hybridized carbons (Fsp3) is 0.625. The highest BCUT2D eigenvalue weighted by atomic mass is 19.1. The Morgan fingerprint density at radius 3 is 2.31 bits per heavy atom. The van der Waals surface area contributed by atoms with E-state index < -0.39 is 17.1 Å². The van der Waals surface area contributed by atoms with Gasteiger partial charge < -0.3 is 9.80 Å². The molecule has 0 bridgehead atoms. The summed E-state index contributed by atoms with van der Waals surface area (Å²) >= 11 is 0. The second-order valence-corrected chi connectivity index (χ2v) is 9.02. The summed E-state index contributed by atoms with van der Waals surface area (Å²) in [6.45, 7) is 6.60. The van der Waals surface area contributed by atoms with Crippen LogP contribution in [-0.4, -0.2) is 46.1 Å². The average molecular weight is 445 g/mol. The molecule has 1 aromatic carbocycles. The number of rotatable bonds is 8. The minimum Gasteiger partial charge on any atom is -0.369 e. The Hall–Kier alpha value is -2.64. The van der Waals surface area contributed by atoms with Gasteiger partial charge in [-0.2, -0.15) is 0 Å². The first-order valence-electron chi connectivity index (χ1n) is 12.0. The van der Waals surface area contributed by atoms with Gasteiger partial charge in [-0.3, -0.25) is 18.7 Å². The maximum absolute atomic E-state index is 15.1. The van der Waals surface area contributed by atoms with Crippen molar-refractivity contribution in [3.63, 3.8) is 0 Å². The molecule has 4 rings (SSSR count). The Labute approximate surface area is 187 Å². The van der Waals surface area contributed by atoms with Crippen molar-refractivity contribution in [3.8, 4) is 0 Å². The van der Waals surface area contributed by atoms with Crippen molar-refractivity contribution in [3.05, 3.63) is 38.8 Å². The summed E-state index contributed by atoms with van der Waals surface area (Å²) in [5.74, 6) is -0.601. The van der Waals surface area contributed by atoms with Crippen LogP contribution in [0.1, 0.15) is 64.8 Å². The van der Waals surface area contributed by atoms with Gasteiger partial charge in [0.15, 0.2) is 0 Å². The molecule has 1 aromatic heterocycles. The summed E-state index contributed by atoms with van der Waals surface area (Å²) in [5, 5.41) is 0.167. The van der Waals surface area contributed by atoms with E-state index in [2.05, 4.69) is 0 Å². The number of halogens is 1. The van der Waals surface area contributed by atoms with Crippen LogP contribution in [0.2, 0.25) is 0 Å². The lowest BCUT2D eigenvalue weighted by atomic mass is 10.1. The van der Waals surface area contributed by atoms with Crippen LogP contribution in [0.4, 0.5) is 10.1 Å². The van der Waals surface area contributed by atoms with Crippen LogP contribution < -0.4 is 16.1 Å². The molecular weight excluding hydrogens is 411 g/mol. The van der Waals surface area contributed by atoms with Crippen molar-refractivity contribution in [2.45, 2.75) is 71.4 Å². The third-order valence-electron chi connectivity index (χ3n) is 6.48. The van der Waals surface area contributed by atoms with Gasteiger partial charge in [-0.25, -0.2) is 9.18 Å². The Morgan fingerprint density at radius 1 is 1.06 bits per heavy atom. The Balaban J connectivity index is 1.85. The molecule has 0 spiro atoms. The molecule has 0 unspecified atom stereocenters. The smallest absolute Gasteiger partial charge is 0.332 e. The van der Waals surface area contributed by atoms with E-state index in [1.807, 2.05) is 18.7 Å². The van der Waals surface area contributed by atoms with Gasteiger partial charge in [0.25, 0.3) is 5.56 Å². The van der Waals surface area contributed by atoms with E-state index in [1.54, 1.807) is 11.0 Å². The van der Waals surface area contributed by atoms with Gasteiger partial charge in [0, 0.05) is 32.2 Å². The van der Waals surface area contributed by atoms with Crippen molar-refractivity contribution < 1.29 is 9.18 Å². The van der Waals surface area contributed by atoms with Gasteiger partial charge >= 0.3 is 5.69 Å². The van der Waals surface area contributed by atoms with Crippen molar-refractivity contribution >= 4 is 22.5 Å². The number of fused-ring (bicyclic) bond motifs is 1. The number of carbonyl (C=O) groups excluding carboxylic acids is 1. The number of anilines is 1. The molecule has 2 heterocycles. The topological polar surface area (TPSA) is 67.5 Å². The van der Waals surface area contributed by atoms with Gasteiger partial charge in [0.2, 0.25) is 5.91 Å². The average Bonchev–Trinajstić information content (AvgIpc) is 3.62. The fourth-order valence-electron chi connectivity index (χ4n) is 4.72. The van der Waals surface area contributed by atoms with Crippen LogP contribution in [0, 0.1) is 5.82 Å². The van der Waals surface area contributed by atoms with Crippen LogP contribution >= 0.6 is 0 Å². The minimum absolute atomic E-state index is 0.145. The van der Waals surface area contributed by atoms with E-state index >= 15 is 4.39 Å². The highest BCUT2D eigenvalue weighted by molar-refractivity contribution is 5.85. The molecule has 0 N–H and O–H groups in total. The Kier molecular flexibility index (Phi) is 6.67. The predicted octanol–water partition coefficient (Wildman–Crippen LogP) is 3.28. The van der Waals surface area contributed by atoms with E-state index in [9.17, 15) is 14.4 Å².